The largest absolute Gasteiger partial charge is 0.492 e. The van der Waals surface area contributed by atoms with Crippen LogP contribution < -0.4 is 15.0 Å². The van der Waals surface area contributed by atoms with Crippen LogP contribution >= 0.6 is 0 Å². The van der Waals surface area contributed by atoms with Gasteiger partial charge in [0.25, 0.3) is 0 Å². The van der Waals surface area contributed by atoms with Crippen LogP contribution in [-0.4, -0.2) is 50.8 Å². The number of sulfonamides is 1. The normalized spacial score (nSPS) is 17.9. The molecule has 0 spiro atoms. The number of para-hydroxylation sites is 2. The van der Waals surface area contributed by atoms with Crippen molar-refractivity contribution in [3.05, 3.63) is 48.0 Å². The number of hydrogen-bond acceptors (Lipinski definition) is 5. The summed E-state index contributed by atoms with van der Waals surface area (Å²) in [6.07, 6.45) is 3.53. The predicted octanol–water partition coefficient (Wildman–Crippen LogP) is 3.42. The van der Waals surface area contributed by atoms with E-state index in [2.05, 4.69) is 5.32 Å². The van der Waals surface area contributed by atoms with Gasteiger partial charge in [0.05, 0.1) is 23.7 Å². The second-order valence-corrected chi connectivity index (χ2v) is 11.0. The zero-order valence-corrected chi connectivity index (χ0v) is 20.6. The van der Waals surface area contributed by atoms with Gasteiger partial charge in [-0.15, -0.1) is 0 Å². The number of nitrogens with one attached hydrogen (secondary N) is 1. The maximum Gasteiger partial charge on any atom is 0.243 e. The van der Waals surface area contributed by atoms with E-state index in [1.165, 1.54) is 13.1 Å². The highest BCUT2D eigenvalue weighted by atomic mass is 32.2. The Morgan fingerprint density at radius 3 is 2.59 bits per heavy atom. The Hall–Kier alpha value is -2.91. The quantitative estimate of drug-likeness (QED) is 0.618. The standard InChI is InChI=1S/C25H31N3O5S/c1-4-33-23-11-6-5-10-21(23)26-24(29)16-27(3)34(31,32)20-12-13-22-19(15-20)14-17(2)28(22)25(30)18-8-7-9-18/h5-6,10-13,15,17-18H,4,7-9,14,16H2,1-3H3,(H,26,29). The molecule has 0 radical (unpaired) electrons. The smallest absolute Gasteiger partial charge is 0.243 e. The molecule has 2 amide bonds. The van der Waals surface area contributed by atoms with Crippen LogP contribution in [0.15, 0.2) is 47.4 Å². The lowest BCUT2D eigenvalue weighted by Crippen LogP contribution is -2.42. The van der Waals surface area contributed by atoms with Gasteiger partial charge in [-0.25, -0.2) is 8.42 Å². The van der Waals surface area contributed by atoms with Gasteiger partial charge in [-0.05, 0) is 69.0 Å². The van der Waals surface area contributed by atoms with E-state index in [4.69, 9.17) is 4.74 Å². The van der Waals surface area contributed by atoms with E-state index in [0.717, 1.165) is 34.8 Å². The number of carbonyl (C=O) groups is 2. The highest BCUT2D eigenvalue weighted by Crippen LogP contribution is 2.38. The number of ether oxygens (including phenoxy) is 1. The molecule has 0 bridgehead atoms. The van der Waals surface area contributed by atoms with Gasteiger partial charge < -0.3 is 15.0 Å². The fraction of sp³-hybridized carbons (Fsp3) is 0.440. The van der Waals surface area contributed by atoms with Crippen molar-refractivity contribution in [3.8, 4) is 5.75 Å². The molecule has 1 heterocycles. The van der Waals surface area contributed by atoms with Crippen LogP contribution in [0.4, 0.5) is 11.4 Å². The van der Waals surface area contributed by atoms with Crippen molar-refractivity contribution in [2.24, 2.45) is 5.92 Å². The van der Waals surface area contributed by atoms with E-state index in [1.807, 2.05) is 18.7 Å². The van der Waals surface area contributed by atoms with Crippen LogP contribution in [0.5, 0.6) is 5.75 Å². The van der Waals surface area contributed by atoms with Crippen molar-refractivity contribution < 1.29 is 22.7 Å². The number of rotatable bonds is 8. The minimum absolute atomic E-state index is 0.00466. The molecule has 4 rings (SSSR count). The fourth-order valence-electron chi connectivity index (χ4n) is 4.46. The fourth-order valence-corrected chi connectivity index (χ4v) is 5.64. The number of fused-ring (bicyclic) bond motifs is 1. The molecule has 2 aromatic rings. The van der Waals surface area contributed by atoms with Crippen LogP contribution in [0.2, 0.25) is 0 Å². The minimum Gasteiger partial charge on any atom is -0.492 e. The van der Waals surface area contributed by atoms with E-state index >= 15 is 0 Å². The molecule has 2 aliphatic rings. The molecular formula is C25H31N3O5S. The molecule has 34 heavy (non-hydrogen) atoms. The Bertz CT molecular complexity index is 1190. The maximum absolute atomic E-state index is 13.2. The summed E-state index contributed by atoms with van der Waals surface area (Å²) in [5.41, 5.74) is 2.11. The molecule has 1 atom stereocenters. The third-order valence-corrected chi connectivity index (χ3v) is 8.29. The van der Waals surface area contributed by atoms with Gasteiger partial charge in [-0.1, -0.05) is 18.6 Å². The third-order valence-electron chi connectivity index (χ3n) is 6.49. The molecule has 182 valence electrons. The number of benzene rings is 2. The van der Waals surface area contributed by atoms with E-state index in [1.54, 1.807) is 36.4 Å². The summed E-state index contributed by atoms with van der Waals surface area (Å²) >= 11 is 0. The van der Waals surface area contributed by atoms with Gasteiger partial charge >= 0.3 is 0 Å². The SMILES string of the molecule is CCOc1ccccc1NC(=O)CN(C)S(=O)(=O)c1ccc2c(c1)CC(C)N2C(=O)C1CCC1. The number of likely N-dealkylation sites (N-methyl/N-ethyl adjacent to an activating group) is 1. The molecule has 1 unspecified atom stereocenters. The number of anilines is 2. The summed E-state index contributed by atoms with van der Waals surface area (Å²) < 4.78 is 32.9. The van der Waals surface area contributed by atoms with Crippen LogP contribution in [-0.2, 0) is 26.0 Å². The average molecular weight is 486 g/mol. The summed E-state index contributed by atoms with van der Waals surface area (Å²) in [4.78, 5) is 27.4. The topological polar surface area (TPSA) is 96.0 Å². The molecule has 1 N–H and O–H groups in total. The van der Waals surface area contributed by atoms with Gasteiger partial charge in [-0.3, -0.25) is 9.59 Å². The average Bonchev–Trinajstić information content (AvgIpc) is 3.08. The Balaban J connectivity index is 1.47. The second-order valence-electron chi connectivity index (χ2n) is 8.92. The predicted molar refractivity (Wildman–Crippen MR) is 130 cm³/mol. The maximum atomic E-state index is 13.2. The van der Waals surface area contributed by atoms with E-state index in [-0.39, 0.29) is 29.3 Å². The van der Waals surface area contributed by atoms with Gasteiger partial charge in [0.15, 0.2) is 0 Å². The molecule has 0 aromatic heterocycles. The van der Waals surface area contributed by atoms with Crippen LogP contribution in [0.25, 0.3) is 0 Å². The summed E-state index contributed by atoms with van der Waals surface area (Å²) in [7, 11) is -2.51. The Labute approximate surface area is 200 Å². The van der Waals surface area contributed by atoms with Crippen molar-refractivity contribution in [2.75, 3.05) is 30.4 Å². The van der Waals surface area contributed by atoms with Crippen molar-refractivity contribution in [1.82, 2.24) is 4.31 Å². The molecular weight excluding hydrogens is 454 g/mol. The molecule has 1 aliphatic carbocycles. The number of nitrogens with zero attached hydrogens (tertiary/aromatic N) is 2. The molecule has 8 nitrogen and oxygen atoms in total. The monoisotopic (exact) mass is 485 g/mol. The first-order valence-electron chi connectivity index (χ1n) is 11.7. The lowest BCUT2D eigenvalue weighted by molar-refractivity contribution is -0.125. The summed E-state index contributed by atoms with van der Waals surface area (Å²) in [5, 5.41) is 2.72. The molecule has 9 heteroatoms. The number of hydrogen-bond donors (Lipinski definition) is 1. The molecule has 0 saturated heterocycles. The van der Waals surface area contributed by atoms with E-state index in [9.17, 15) is 18.0 Å². The van der Waals surface area contributed by atoms with Crippen molar-refractivity contribution in [1.29, 1.82) is 0 Å². The second kappa shape index (κ2) is 9.76. The first kappa shape index (κ1) is 24.2. The third kappa shape index (κ3) is 4.67. The van der Waals surface area contributed by atoms with Crippen LogP contribution in [0.1, 0.15) is 38.7 Å². The van der Waals surface area contributed by atoms with Crippen molar-refractivity contribution in [3.63, 3.8) is 0 Å². The molecule has 1 saturated carbocycles. The van der Waals surface area contributed by atoms with Crippen LogP contribution in [0, 0.1) is 5.92 Å². The number of carbonyl (C=O) groups excluding carboxylic acids is 2. The Morgan fingerprint density at radius 1 is 1.18 bits per heavy atom. The lowest BCUT2D eigenvalue weighted by Gasteiger charge is -2.32. The summed E-state index contributed by atoms with van der Waals surface area (Å²) in [6, 6.07) is 11.9. The summed E-state index contributed by atoms with van der Waals surface area (Å²) in [5.74, 6) is 0.270. The molecule has 1 fully saturated rings. The molecule has 1 aliphatic heterocycles. The Morgan fingerprint density at radius 2 is 1.91 bits per heavy atom. The summed E-state index contributed by atoms with van der Waals surface area (Å²) in [6.45, 7) is 3.93. The Kier molecular flexibility index (Phi) is 6.95. The highest BCUT2D eigenvalue weighted by Gasteiger charge is 2.37. The van der Waals surface area contributed by atoms with Crippen molar-refractivity contribution >= 4 is 33.2 Å². The number of amides is 2. The lowest BCUT2D eigenvalue weighted by atomic mass is 9.84. The van der Waals surface area contributed by atoms with Gasteiger partial charge in [0.1, 0.15) is 5.75 Å². The minimum atomic E-state index is -3.90. The van der Waals surface area contributed by atoms with Crippen molar-refractivity contribution in [2.45, 2.75) is 50.5 Å². The highest BCUT2D eigenvalue weighted by molar-refractivity contribution is 7.89. The zero-order chi connectivity index (χ0) is 24.5. The first-order valence-corrected chi connectivity index (χ1v) is 13.1. The van der Waals surface area contributed by atoms with E-state index in [0.29, 0.717) is 24.5 Å². The van der Waals surface area contributed by atoms with Gasteiger partial charge in [0, 0.05) is 24.7 Å². The van der Waals surface area contributed by atoms with Gasteiger partial charge in [-0.2, -0.15) is 4.31 Å². The zero-order valence-electron chi connectivity index (χ0n) is 19.8. The van der Waals surface area contributed by atoms with Gasteiger partial charge in [0.2, 0.25) is 21.8 Å². The van der Waals surface area contributed by atoms with E-state index < -0.39 is 15.9 Å². The first-order chi connectivity index (χ1) is 16.2. The van der Waals surface area contributed by atoms with Crippen LogP contribution in [0.3, 0.4) is 0 Å². The molecule has 2 aromatic carbocycles.